The van der Waals surface area contributed by atoms with E-state index in [1.165, 1.54) is 9.75 Å². The first-order chi connectivity index (χ1) is 8.20. The van der Waals surface area contributed by atoms with Crippen molar-refractivity contribution in [2.75, 3.05) is 6.54 Å². The molecule has 1 N–H and O–H groups in total. The minimum absolute atomic E-state index is 0.235. The summed E-state index contributed by atoms with van der Waals surface area (Å²) in [4.78, 5) is 6.84. The van der Waals surface area contributed by atoms with Gasteiger partial charge in [-0.15, -0.1) is 22.7 Å². The van der Waals surface area contributed by atoms with Crippen molar-refractivity contribution in [2.24, 2.45) is 0 Å². The van der Waals surface area contributed by atoms with E-state index in [1.54, 1.807) is 22.7 Å². The molecule has 2 aromatic rings. The van der Waals surface area contributed by atoms with Gasteiger partial charge in [0.15, 0.2) is 0 Å². The van der Waals surface area contributed by atoms with E-state index in [9.17, 15) is 0 Å². The molecule has 0 amide bonds. The van der Waals surface area contributed by atoms with Crippen LogP contribution in [0.25, 0.3) is 0 Å². The quantitative estimate of drug-likeness (QED) is 0.888. The number of thiophene rings is 1. The highest BCUT2D eigenvalue weighted by Gasteiger charge is 2.17. The summed E-state index contributed by atoms with van der Waals surface area (Å²) in [6, 6.07) is 4.28. The van der Waals surface area contributed by atoms with Gasteiger partial charge in [0.25, 0.3) is 0 Å². The summed E-state index contributed by atoms with van der Waals surface area (Å²) in [6.45, 7) is 5.20. The molecule has 0 saturated carbocycles. The molecule has 2 aromatic heterocycles. The van der Waals surface area contributed by atoms with Gasteiger partial charge in [-0.1, -0.05) is 18.5 Å². The Morgan fingerprint density at radius 2 is 2.18 bits per heavy atom. The minimum atomic E-state index is 0.235. The number of rotatable bonds is 5. The summed E-state index contributed by atoms with van der Waals surface area (Å²) in [5, 5.41) is 4.65. The molecular weight excluding hydrogens is 272 g/mol. The Labute approximate surface area is 115 Å². The molecule has 0 fully saturated rings. The van der Waals surface area contributed by atoms with Crippen LogP contribution < -0.4 is 5.32 Å². The number of thiazole rings is 1. The van der Waals surface area contributed by atoms with Crippen molar-refractivity contribution in [1.29, 1.82) is 0 Å². The van der Waals surface area contributed by atoms with Gasteiger partial charge in [-0.05, 0) is 32.0 Å². The molecule has 1 atom stereocenters. The fraction of sp³-hybridized carbons (Fsp3) is 0.417. The number of hydrogen-bond acceptors (Lipinski definition) is 4. The van der Waals surface area contributed by atoms with Crippen LogP contribution in [0.2, 0.25) is 4.34 Å². The minimum Gasteiger partial charge on any atom is -0.305 e. The van der Waals surface area contributed by atoms with Gasteiger partial charge in [-0.25, -0.2) is 4.98 Å². The van der Waals surface area contributed by atoms with E-state index in [2.05, 4.69) is 23.3 Å². The number of aromatic nitrogens is 1. The molecule has 0 radical (unpaired) electrons. The lowest BCUT2D eigenvalue weighted by Gasteiger charge is -2.14. The molecule has 5 heteroatoms. The predicted octanol–water partition coefficient (Wildman–Crippen LogP) is 4.26. The fourth-order valence-corrected chi connectivity index (χ4v) is 3.74. The second-order valence-corrected chi connectivity index (χ2v) is 6.82. The summed E-state index contributed by atoms with van der Waals surface area (Å²) in [7, 11) is 0. The Kier molecular flexibility index (Phi) is 4.56. The highest BCUT2D eigenvalue weighted by atomic mass is 35.5. The van der Waals surface area contributed by atoms with Gasteiger partial charge >= 0.3 is 0 Å². The van der Waals surface area contributed by atoms with Crippen molar-refractivity contribution >= 4 is 34.3 Å². The lowest BCUT2D eigenvalue weighted by Crippen LogP contribution is -2.21. The lowest BCUT2D eigenvalue weighted by molar-refractivity contribution is 0.612. The number of aryl methyl sites for hydroxylation is 1. The van der Waals surface area contributed by atoms with E-state index >= 15 is 0 Å². The Morgan fingerprint density at radius 3 is 2.71 bits per heavy atom. The number of nitrogens with one attached hydrogen (secondary N) is 1. The second-order valence-electron chi connectivity index (χ2n) is 3.81. The smallest absolute Gasteiger partial charge is 0.0931 e. The molecule has 1 unspecified atom stereocenters. The molecule has 0 saturated heterocycles. The van der Waals surface area contributed by atoms with Gasteiger partial charge in [0.05, 0.1) is 15.4 Å². The van der Waals surface area contributed by atoms with Crippen LogP contribution in [0.5, 0.6) is 0 Å². The average Bonchev–Trinajstić information content (AvgIpc) is 2.89. The summed E-state index contributed by atoms with van der Waals surface area (Å²) in [5.41, 5.74) is 0. The molecule has 0 aliphatic rings. The third-order valence-corrected chi connectivity index (χ3v) is 4.67. The van der Waals surface area contributed by atoms with Gasteiger partial charge in [-0.2, -0.15) is 0 Å². The molecule has 17 heavy (non-hydrogen) atoms. The van der Waals surface area contributed by atoms with E-state index in [-0.39, 0.29) is 6.04 Å². The molecule has 0 spiro atoms. The normalized spacial score (nSPS) is 12.9. The van der Waals surface area contributed by atoms with Gasteiger partial charge in [0, 0.05) is 16.0 Å². The van der Waals surface area contributed by atoms with E-state index in [0.717, 1.165) is 22.3 Å². The maximum absolute atomic E-state index is 6.01. The molecule has 0 aliphatic heterocycles. The van der Waals surface area contributed by atoms with Crippen molar-refractivity contribution in [3.63, 3.8) is 0 Å². The van der Waals surface area contributed by atoms with Gasteiger partial charge in [0.1, 0.15) is 0 Å². The van der Waals surface area contributed by atoms with Crippen LogP contribution in [-0.2, 0) is 0 Å². The number of nitrogens with zero attached hydrogens (tertiary/aromatic N) is 1. The first kappa shape index (κ1) is 13.0. The Balaban J connectivity index is 2.24. The Hall–Kier alpha value is -0.420. The molecule has 92 valence electrons. The van der Waals surface area contributed by atoms with Crippen molar-refractivity contribution in [1.82, 2.24) is 10.3 Å². The maximum atomic E-state index is 6.01. The molecule has 2 heterocycles. The van der Waals surface area contributed by atoms with Crippen molar-refractivity contribution in [2.45, 2.75) is 26.3 Å². The van der Waals surface area contributed by atoms with Gasteiger partial charge in [0.2, 0.25) is 0 Å². The monoisotopic (exact) mass is 286 g/mol. The number of hydrogen-bond donors (Lipinski definition) is 1. The van der Waals surface area contributed by atoms with Crippen LogP contribution in [0.1, 0.15) is 34.1 Å². The molecule has 0 aromatic carbocycles. The fourth-order valence-electron chi connectivity index (χ4n) is 1.62. The van der Waals surface area contributed by atoms with Crippen molar-refractivity contribution in [3.8, 4) is 0 Å². The predicted molar refractivity (Wildman–Crippen MR) is 76.3 cm³/mol. The highest BCUT2D eigenvalue weighted by Crippen LogP contribution is 2.33. The van der Waals surface area contributed by atoms with E-state index in [4.69, 9.17) is 11.6 Å². The standard InChI is InChI=1S/C12H15ClN2S2/c1-3-6-14-12(9-4-5-11(13)17-9)10-7-15-8(2)16-10/h4-5,7,12,14H,3,6H2,1-2H3. The highest BCUT2D eigenvalue weighted by molar-refractivity contribution is 7.16. The zero-order valence-corrected chi connectivity index (χ0v) is 12.3. The molecule has 0 aliphatic carbocycles. The summed E-state index contributed by atoms with van der Waals surface area (Å²) >= 11 is 9.38. The summed E-state index contributed by atoms with van der Waals surface area (Å²) in [5.74, 6) is 0. The molecule has 2 rings (SSSR count). The summed E-state index contributed by atoms with van der Waals surface area (Å²) in [6.07, 6.45) is 3.08. The van der Waals surface area contributed by atoms with Gasteiger partial charge < -0.3 is 5.32 Å². The second kappa shape index (κ2) is 5.96. The Morgan fingerprint density at radius 1 is 1.35 bits per heavy atom. The molecular formula is C12H15ClN2S2. The van der Waals surface area contributed by atoms with E-state index < -0.39 is 0 Å². The first-order valence-electron chi connectivity index (χ1n) is 5.61. The molecule has 2 nitrogen and oxygen atoms in total. The summed E-state index contributed by atoms with van der Waals surface area (Å²) < 4.78 is 0.838. The van der Waals surface area contributed by atoms with Crippen LogP contribution in [0.3, 0.4) is 0 Å². The average molecular weight is 287 g/mol. The van der Waals surface area contributed by atoms with Crippen LogP contribution in [0, 0.1) is 6.92 Å². The maximum Gasteiger partial charge on any atom is 0.0931 e. The van der Waals surface area contributed by atoms with Crippen molar-refractivity contribution < 1.29 is 0 Å². The van der Waals surface area contributed by atoms with Gasteiger partial charge in [-0.3, -0.25) is 0 Å². The Bertz CT molecular complexity index is 438. The topological polar surface area (TPSA) is 24.9 Å². The SMILES string of the molecule is CCCNC(c1ccc(Cl)s1)c1cnc(C)s1. The van der Waals surface area contributed by atoms with E-state index in [0.29, 0.717) is 0 Å². The van der Waals surface area contributed by atoms with Crippen LogP contribution in [0.4, 0.5) is 0 Å². The first-order valence-corrected chi connectivity index (χ1v) is 7.62. The zero-order chi connectivity index (χ0) is 12.3. The van der Waals surface area contributed by atoms with Crippen LogP contribution in [-0.4, -0.2) is 11.5 Å². The lowest BCUT2D eigenvalue weighted by atomic mass is 10.2. The van der Waals surface area contributed by atoms with Crippen LogP contribution in [0.15, 0.2) is 18.3 Å². The zero-order valence-electron chi connectivity index (χ0n) is 9.87. The van der Waals surface area contributed by atoms with Crippen LogP contribution >= 0.6 is 34.3 Å². The largest absolute Gasteiger partial charge is 0.305 e. The number of halogens is 1. The van der Waals surface area contributed by atoms with Crippen molar-refractivity contribution in [3.05, 3.63) is 37.4 Å². The molecule has 0 bridgehead atoms. The third kappa shape index (κ3) is 3.28. The third-order valence-electron chi connectivity index (χ3n) is 2.40. The van der Waals surface area contributed by atoms with E-state index in [1.807, 2.05) is 19.2 Å².